The van der Waals surface area contributed by atoms with E-state index in [1.165, 1.54) is 7.11 Å². The first-order valence-corrected chi connectivity index (χ1v) is 8.12. The molecule has 2 aliphatic carbocycles. The summed E-state index contributed by atoms with van der Waals surface area (Å²) < 4.78 is 4.94. The van der Waals surface area contributed by atoms with Crippen LogP contribution in [0.2, 0.25) is 0 Å². The van der Waals surface area contributed by atoms with Gasteiger partial charge in [-0.25, -0.2) is 4.79 Å². The largest absolute Gasteiger partial charge is 0.467 e. The monoisotopic (exact) mass is 296 g/mol. The first-order valence-electron chi connectivity index (χ1n) is 8.12. The number of ether oxygens (including phenoxy) is 1. The molecule has 2 saturated carbocycles. The van der Waals surface area contributed by atoms with Crippen LogP contribution in [-0.2, 0) is 14.3 Å². The summed E-state index contributed by atoms with van der Waals surface area (Å²) in [5.41, 5.74) is 5.21. The minimum atomic E-state index is -0.818. The maximum atomic E-state index is 12.3. The van der Waals surface area contributed by atoms with E-state index in [0.717, 1.165) is 32.1 Å². The zero-order valence-corrected chi connectivity index (χ0v) is 13.2. The van der Waals surface area contributed by atoms with Gasteiger partial charge in [-0.3, -0.25) is 4.79 Å². The lowest BCUT2D eigenvalue weighted by Crippen LogP contribution is -2.57. The molecule has 2 aliphatic rings. The quantitative estimate of drug-likeness (QED) is 0.774. The van der Waals surface area contributed by atoms with E-state index >= 15 is 0 Å². The number of hydrogen-bond acceptors (Lipinski definition) is 4. The van der Waals surface area contributed by atoms with Gasteiger partial charge in [0.25, 0.3) is 0 Å². The van der Waals surface area contributed by atoms with E-state index in [4.69, 9.17) is 10.5 Å². The van der Waals surface area contributed by atoms with E-state index in [0.29, 0.717) is 25.2 Å². The number of carbonyl (C=O) groups excluding carboxylic acids is 2. The summed E-state index contributed by atoms with van der Waals surface area (Å²) >= 11 is 0. The number of carbonyl (C=O) groups is 2. The molecule has 2 atom stereocenters. The maximum Gasteiger partial charge on any atom is 0.331 e. The normalized spacial score (nSPS) is 36.2. The molecule has 0 heterocycles. The fourth-order valence-electron chi connectivity index (χ4n) is 3.71. The van der Waals surface area contributed by atoms with Gasteiger partial charge in [0.15, 0.2) is 0 Å². The van der Waals surface area contributed by atoms with Crippen LogP contribution in [0, 0.1) is 11.8 Å². The molecular weight excluding hydrogens is 268 g/mol. The predicted octanol–water partition coefficient (Wildman–Crippen LogP) is 1.74. The highest BCUT2D eigenvalue weighted by atomic mass is 16.5. The molecule has 1 amide bonds. The molecule has 2 rings (SSSR count). The second-order valence-electron chi connectivity index (χ2n) is 6.86. The maximum absolute atomic E-state index is 12.3. The van der Waals surface area contributed by atoms with Crippen molar-refractivity contribution in [2.24, 2.45) is 17.6 Å². The van der Waals surface area contributed by atoms with Crippen LogP contribution in [0.5, 0.6) is 0 Å². The second-order valence-corrected chi connectivity index (χ2v) is 6.86. The lowest BCUT2D eigenvalue weighted by atomic mass is 9.77. The molecule has 120 valence electrons. The highest BCUT2D eigenvalue weighted by Gasteiger charge is 2.43. The number of methoxy groups -OCH3 is 1. The van der Waals surface area contributed by atoms with E-state index in [-0.39, 0.29) is 23.8 Å². The van der Waals surface area contributed by atoms with Gasteiger partial charge in [-0.15, -0.1) is 0 Å². The molecule has 2 fully saturated rings. The molecule has 0 aromatic carbocycles. The Hall–Kier alpha value is -1.10. The van der Waals surface area contributed by atoms with Gasteiger partial charge in [0, 0.05) is 12.5 Å². The van der Waals surface area contributed by atoms with Gasteiger partial charge in [-0.2, -0.15) is 0 Å². The van der Waals surface area contributed by atoms with Crippen molar-refractivity contribution in [3.05, 3.63) is 0 Å². The number of nitrogens with two attached hydrogens (primary N) is 1. The molecule has 0 saturated heterocycles. The first-order chi connectivity index (χ1) is 9.97. The minimum absolute atomic E-state index is 0.0581. The Balaban J connectivity index is 1.98. The Kier molecular flexibility index (Phi) is 5.25. The smallest absolute Gasteiger partial charge is 0.331 e. The second kappa shape index (κ2) is 6.77. The number of hydrogen-bond donors (Lipinski definition) is 2. The van der Waals surface area contributed by atoms with Crippen molar-refractivity contribution in [3.63, 3.8) is 0 Å². The zero-order chi connectivity index (χ0) is 15.5. The van der Waals surface area contributed by atoms with Crippen LogP contribution >= 0.6 is 0 Å². The molecule has 0 aromatic heterocycles. The molecular formula is C16H28N2O3. The molecule has 0 aliphatic heterocycles. The Labute approximate surface area is 127 Å². The average molecular weight is 296 g/mol. The molecule has 0 spiro atoms. The fraction of sp³-hybridized carbons (Fsp3) is 0.875. The van der Waals surface area contributed by atoms with Gasteiger partial charge in [-0.1, -0.05) is 13.3 Å². The van der Waals surface area contributed by atoms with Gasteiger partial charge in [0.05, 0.1) is 7.11 Å². The van der Waals surface area contributed by atoms with Crippen LogP contribution in [0.3, 0.4) is 0 Å². The Morgan fingerprint density at radius 2 is 1.90 bits per heavy atom. The molecule has 0 radical (unpaired) electrons. The van der Waals surface area contributed by atoms with E-state index < -0.39 is 5.54 Å². The lowest BCUT2D eigenvalue weighted by molar-refractivity contribution is -0.153. The van der Waals surface area contributed by atoms with Gasteiger partial charge in [-0.05, 0) is 50.4 Å². The molecule has 0 bridgehead atoms. The third-order valence-corrected chi connectivity index (χ3v) is 5.25. The Morgan fingerprint density at radius 3 is 2.43 bits per heavy atom. The first kappa shape index (κ1) is 16.3. The lowest BCUT2D eigenvalue weighted by Gasteiger charge is -2.37. The molecule has 21 heavy (non-hydrogen) atoms. The highest BCUT2D eigenvalue weighted by molar-refractivity contribution is 5.88. The van der Waals surface area contributed by atoms with Gasteiger partial charge in [0.2, 0.25) is 5.91 Å². The van der Waals surface area contributed by atoms with Crippen LogP contribution < -0.4 is 11.1 Å². The molecule has 5 nitrogen and oxygen atoms in total. The highest BCUT2D eigenvalue weighted by Crippen LogP contribution is 2.33. The zero-order valence-electron chi connectivity index (χ0n) is 13.2. The van der Waals surface area contributed by atoms with E-state index in [1.54, 1.807) is 0 Å². The summed E-state index contributed by atoms with van der Waals surface area (Å²) in [4.78, 5) is 24.5. The summed E-state index contributed by atoms with van der Waals surface area (Å²) in [7, 11) is 1.39. The molecule has 0 unspecified atom stereocenters. The molecule has 3 N–H and O–H groups in total. The minimum Gasteiger partial charge on any atom is -0.467 e. The van der Waals surface area contributed by atoms with Crippen LogP contribution in [0.15, 0.2) is 0 Å². The number of amides is 1. The van der Waals surface area contributed by atoms with Gasteiger partial charge < -0.3 is 15.8 Å². The summed E-state index contributed by atoms with van der Waals surface area (Å²) in [6.07, 6.45) is 6.76. The van der Waals surface area contributed by atoms with Crippen LogP contribution in [0.4, 0.5) is 0 Å². The van der Waals surface area contributed by atoms with Gasteiger partial charge in [0.1, 0.15) is 5.54 Å². The Bertz CT molecular complexity index is 389. The van der Waals surface area contributed by atoms with Crippen molar-refractivity contribution in [1.29, 1.82) is 0 Å². The SMILES string of the molecule is COC(=O)C1(NC(=O)C[C@@H]2CCC[C@H]2N)CCC(C)CC1. The number of rotatable bonds is 4. The summed E-state index contributed by atoms with van der Waals surface area (Å²) in [6.45, 7) is 2.18. The third kappa shape index (κ3) is 3.76. The number of esters is 1. The topological polar surface area (TPSA) is 81.4 Å². The fourth-order valence-corrected chi connectivity index (χ4v) is 3.71. The van der Waals surface area contributed by atoms with Crippen molar-refractivity contribution in [1.82, 2.24) is 5.32 Å². The van der Waals surface area contributed by atoms with E-state index in [1.807, 2.05) is 0 Å². The van der Waals surface area contributed by atoms with Crippen molar-refractivity contribution in [2.75, 3.05) is 7.11 Å². The summed E-state index contributed by atoms with van der Waals surface area (Å²) in [6, 6.07) is 0.121. The van der Waals surface area contributed by atoms with E-state index in [9.17, 15) is 9.59 Å². The number of nitrogens with one attached hydrogen (secondary N) is 1. The van der Waals surface area contributed by atoms with Crippen molar-refractivity contribution < 1.29 is 14.3 Å². The van der Waals surface area contributed by atoms with Gasteiger partial charge >= 0.3 is 5.97 Å². The van der Waals surface area contributed by atoms with Crippen LogP contribution in [0.1, 0.15) is 58.3 Å². The third-order valence-electron chi connectivity index (χ3n) is 5.25. The predicted molar refractivity (Wildman–Crippen MR) is 80.5 cm³/mol. The van der Waals surface area contributed by atoms with Crippen molar-refractivity contribution >= 4 is 11.9 Å². The summed E-state index contributed by atoms with van der Waals surface area (Å²) in [5, 5.41) is 2.98. The molecule has 0 aromatic rings. The van der Waals surface area contributed by atoms with Crippen LogP contribution in [0.25, 0.3) is 0 Å². The standard InChI is InChI=1S/C16H28N2O3/c1-11-6-8-16(9-7-11,15(20)21-2)18-14(19)10-12-4-3-5-13(12)17/h11-13H,3-10,17H2,1-2H3,(H,18,19)/t11?,12-,13+,16?/m0/s1. The Morgan fingerprint density at radius 1 is 1.24 bits per heavy atom. The van der Waals surface area contributed by atoms with E-state index in [2.05, 4.69) is 12.2 Å². The van der Waals surface area contributed by atoms with Crippen molar-refractivity contribution in [2.45, 2.75) is 69.9 Å². The molecule has 5 heteroatoms. The van der Waals surface area contributed by atoms with Crippen LogP contribution in [-0.4, -0.2) is 30.6 Å². The van der Waals surface area contributed by atoms with Crippen molar-refractivity contribution in [3.8, 4) is 0 Å². The average Bonchev–Trinajstić information content (AvgIpc) is 2.86. The summed E-state index contributed by atoms with van der Waals surface area (Å²) in [5.74, 6) is 0.487.